The van der Waals surface area contributed by atoms with E-state index in [1.807, 2.05) is 0 Å². The fraction of sp³-hybridized carbons (Fsp3) is 0.167. The first-order valence-electron chi connectivity index (χ1n) is 4.92. The third kappa shape index (κ3) is 3.32. The van der Waals surface area contributed by atoms with Crippen LogP contribution in [-0.4, -0.2) is 23.5 Å². The van der Waals surface area contributed by atoms with E-state index in [1.165, 1.54) is 12.1 Å². The van der Waals surface area contributed by atoms with Gasteiger partial charge in [-0.25, -0.2) is 4.79 Å². The molecule has 0 bridgehead atoms. The number of ketones is 1. The lowest BCUT2D eigenvalue weighted by Gasteiger charge is -2.04. The Hall–Kier alpha value is -1.81. The Morgan fingerprint density at radius 2 is 2.06 bits per heavy atom. The van der Waals surface area contributed by atoms with Gasteiger partial charge in [-0.1, -0.05) is 23.7 Å². The van der Waals surface area contributed by atoms with Crippen LogP contribution in [-0.2, 0) is 9.53 Å². The fourth-order valence-corrected chi connectivity index (χ4v) is 1.38. The van der Waals surface area contributed by atoms with Crippen molar-refractivity contribution in [3.05, 3.63) is 46.7 Å². The number of rotatable bonds is 5. The Balaban J connectivity index is 3.09. The first-order chi connectivity index (χ1) is 8.07. The lowest BCUT2D eigenvalue weighted by Crippen LogP contribution is -2.13. The molecule has 0 saturated carbocycles. The summed E-state index contributed by atoms with van der Waals surface area (Å²) in [5.74, 6) is -2.01. The molecule has 0 saturated heterocycles. The quantitative estimate of drug-likeness (QED) is 0.288. The number of aliphatic carboxylic acids is 1. The number of benzene rings is 1. The topological polar surface area (TPSA) is 63.6 Å². The van der Waals surface area contributed by atoms with Gasteiger partial charge in [0.1, 0.15) is 11.8 Å². The predicted molar refractivity (Wildman–Crippen MR) is 63.1 cm³/mol. The van der Waals surface area contributed by atoms with Crippen molar-refractivity contribution in [2.75, 3.05) is 6.61 Å². The summed E-state index contributed by atoms with van der Waals surface area (Å²) in [6.45, 7) is 1.97. The average Bonchev–Trinajstić information content (AvgIpc) is 2.29. The highest BCUT2D eigenvalue weighted by molar-refractivity contribution is 6.36. The van der Waals surface area contributed by atoms with Crippen LogP contribution in [0.4, 0.5) is 0 Å². The summed E-state index contributed by atoms with van der Waals surface area (Å²) in [5.41, 5.74) is -0.303. The summed E-state index contributed by atoms with van der Waals surface area (Å²) < 4.78 is 4.83. The van der Waals surface area contributed by atoms with E-state index in [-0.39, 0.29) is 17.2 Å². The zero-order valence-electron chi connectivity index (χ0n) is 9.14. The second-order valence-corrected chi connectivity index (χ2v) is 3.51. The molecule has 0 spiro atoms. The van der Waals surface area contributed by atoms with Crippen molar-refractivity contribution in [1.29, 1.82) is 0 Å². The van der Waals surface area contributed by atoms with E-state index < -0.39 is 17.3 Å². The molecule has 17 heavy (non-hydrogen) atoms. The number of carbonyl (C=O) groups excluding carboxylic acids is 1. The Kier molecular flexibility index (Phi) is 4.72. The standard InChI is InChI=1S/C12H11ClO4/c1-2-17-7-9(12(15)16)11(14)8-5-3-4-6-10(8)13/h3-7H,2H2,1H3,(H,15,16)/b9-7-. The molecule has 0 aliphatic heterocycles. The minimum absolute atomic E-state index is 0.141. The van der Waals surface area contributed by atoms with Crippen LogP contribution in [0.25, 0.3) is 0 Å². The molecule has 5 heteroatoms. The number of ether oxygens (including phenoxy) is 1. The van der Waals surface area contributed by atoms with E-state index in [1.54, 1.807) is 19.1 Å². The minimum atomic E-state index is -1.34. The van der Waals surface area contributed by atoms with Crippen molar-refractivity contribution in [2.45, 2.75) is 6.92 Å². The van der Waals surface area contributed by atoms with Gasteiger partial charge in [-0.2, -0.15) is 0 Å². The number of hydrogen-bond donors (Lipinski definition) is 1. The lowest BCUT2D eigenvalue weighted by atomic mass is 10.0. The van der Waals surface area contributed by atoms with Gasteiger partial charge in [0.2, 0.25) is 5.78 Å². The second kappa shape index (κ2) is 6.06. The van der Waals surface area contributed by atoms with Gasteiger partial charge >= 0.3 is 5.97 Å². The Morgan fingerprint density at radius 3 is 2.59 bits per heavy atom. The highest BCUT2D eigenvalue weighted by atomic mass is 35.5. The van der Waals surface area contributed by atoms with Gasteiger partial charge in [-0.15, -0.1) is 0 Å². The van der Waals surface area contributed by atoms with Gasteiger partial charge in [-0.3, -0.25) is 4.79 Å². The van der Waals surface area contributed by atoms with Crippen LogP contribution in [0, 0.1) is 0 Å². The van der Waals surface area contributed by atoms with Gasteiger partial charge in [0.05, 0.1) is 11.6 Å². The fourth-order valence-electron chi connectivity index (χ4n) is 1.16. The number of carbonyl (C=O) groups is 2. The van der Waals surface area contributed by atoms with Gasteiger partial charge in [0.25, 0.3) is 0 Å². The summed E-state index contributed by atoms with van der Waals surface area (Å²) in [4.78, 5) is 22.8. The zero-order valence-corrected chi connectivity index (χ0v) is 9.90. The van der Waals surface area contributed by atoms with Crippen molar-refractivity contribution in [3.8, 4) is 0 Å². The molecule has 1 aromatic rings. The summed E-state index contributed by atoms with van der Waals surface area (Å²) in [6, 6.07) is 6.26. The third-order valence-corrected chi connectivity index (χ3v) is 2.29. The monoisotopic (exact) mass is 254 g/mol. The third-order valence-electron chi connectivity index (χ3n) is 1.96. The van der Waals surface area contributed by atoms with Crippen LogP contribution in [0.5, 0.6) is 0 Å². The largest absolute Gasteiger partial charge is 0.500 e. The molecule has 1 rings (SSSR count). The minimum Gasteiger partial charge on any atom is -0.500 e. The van der Waals surface area contributed by atoms with E-state index in [0.29, 0.717) is 0 Å². The summed E-state index contributed by atoms with van der Waals surface area (Å²) in [7, 11) is 0. The van der Waals surface area contributed by atoms with E-state index in [4.69, 9.17) is 21.4 Å². The van der Waals surface area contributed by atoms with Crippen LogP contribution in [0.1, 0.15) is 17.3 Å². The Bertz CT molecular complexity index is 465. The Morgan fingerprint density at radius 1 is 1.41 bits per heavy atom. The zero-order chi connectivity index (χ0) is 12.8. The van der Waals surface area contributed by atoms with Crippen LogP contribution in [0.2, 0.25) is 5.02 Å². The highest BCUT2D eigenvalue weighted by Crippen LogP contribution is 2.18. The Labute approximate surface area is 103 Å². The number of carboxylic acid groups (broad SMARTS) is 1. The highest BCUT2D eigenvalue weighted by Gasteiger charge is 2.21. The van der Waals surface area contributed by atoms with Crippen molar-refractivity contribution in [1.82, 2.24) is 0 Å². The lowest BCUT2D eigenvalue weighted by molar-refractivity contribution is -0.132. The summed E-state index contributed by atoms with van der Waals surface area (Å²) >= 11 is 5.82. The molecule has 0 aromatic heterocycles. The van der Waals surface area contributed by atoms with Crippen LogP contribution >= 0.6 is 11.6 Å². The molecule has 0 heterocycles. The molecule has 1 aromatic carbocycles. The summed E-state index contributed by atoms with van der Waals surface area (Å²) in [5, 5.41) is 9.12. The van der Waals surface area contributed by atoms with Crippen molar-refractivity contribution in [2.24, 2.45) is 0 Å². The molecule has 0 radical (unpaired) electrons. The molecule has 0 aliphatic rings. The van der Waals surface area contributed by atoms with Crippen molar-refractivity contribution < 1.29 is 19.4 Å². The normalized spacial score (nSPS) is 11.1. The summed E-state index contributed by atoms with van der Waals surface area (Å²) in [6.07, 6.45) is 0.938. The van der Waals surface area contributed by atoms with Gasteiger partial charge in [0, 0.05) is 5.56 Å². The predicted octanol–water partition coefficient (Wildman–Crippen LogP) is 2.53. The maximum atomic E-state index is 11.9. The smallest absolute Gasteiger partial charge is 0.342 e. The van der Waals surface area contributed by atoms with Crippen LogP contribution in [0.3, 0.4) is 0 Å². The molecular formula is C12H11ClO4. The molecule has 0 fully saturated rings. The molecular weight excluding hydrogens is 244 g/mol. The first-order valence-corrected chi connectivity index (χ1v) is 5.30. The van der Waals surface area contributed by atoms with Gasteiger partial charge in [-0.05, 0) is 19.1 Å². The molecule has 1 N–H and O–H groups in total. The van der Waals surface area contributed by atoms with E-state index in [0.717, 1.165) is 6.26 Å². The maximum Gasteiger partial charge on any atom is 0.342 e. The van der Waals surface area contributed by atoms with Crippen LogP contribution in [0.15, 0.2) is 36.1 Å². The molecule has 0 unspecified atom stereocenters. The van der Waals surface area contributed by atoms with E-state index >= 15 is 0 Å². The maximum absolute atomic E-state index is 11.9. The van der Waals surface area contributed by atoms with Crippen molar-refractivity contribution >= 4 is 23.4 Å². The molecule has 0 atom stereocenters. The molecule has 90 valence electrons. The van der Waals surface area contributed by atoms with E-state index in [9.17, 15) is 9.59 Å². The first kappa shape index (κ1) is 13.3. The molecule has 0 amide bonds. The number of hydrogen-bond acceptors (Lipinski definition) is 3. The number of halogens is 1. The SMILES string of the molecule is CCO/C=C(\C(=O)O)C(=O)c1ccccc1Cl. The number of carboxylic acids is 1. The van der Waals surface area contributed by atoms with E-state index in [2.05, 4.69) is 0 Å². The average molecular weight is 255 g/mol. The molecule has 4 nitrogen and oxygen atoms in total. The van der Waals surface area contributed by atoms with Gasteiger partial charge in [0.15, 0.2) is 0 Å². The molecule has 0 aliphatic carbocycles. The van der Waals surface area contributed by atoms with Crippen molar-refractivity contribution in [3.63, 3.8) is 0 Å². The van der Waals surface area contributed by atoms with Gasteiger partial charge < -0.3 is 9.84 Å². The number of Topliss-reactive ketones (excluding diaryl/α,β-unsaturated/α-hetero) is 1. The van der Waals surface area contributed by atoms with Crippen LogP contribution < -0.4 is 0 Å². The second-order valence-electron chi connectivity index (χ2n) is 3.10.